The van der Waals surface area contributed by atoms with Gasteiger partial charge >= 0.3 is 13.6 Å². The maximum absolute atomic E-state index is 12.3. The number of benzene rings is 1. The van der Waals surface area contributed by atoms with Crippen molar-refractivity contribution in [2.75, 3.05) is 6.61 Å². The monoisotopic (exact) mass is 314 g/mol. The molecule has 0 saturated carbocycles. The Morgan fingerprint density at radius 3 is 2.67 bits per heavy atom. The zero-order valence-corrected chi connectivity index (χ0v) is 12.7. The van der Waals surface area contributed by atoms with Crippen LogP contribution in [0, 0.1) is 0 Å². The number of carboxylic acids is 1. The molecular formula is C14H19O6P. The first-order valence-corrected chi connectivity index (χ1v) is 8.51. The summed E-state index contributed by atoms with van der Waals surface area (Å²) < 4.78 is 22.8. The Labute approximate surface area is 123 Å². The second kappa shape index (κ2) is 6.28. The molecule has 0 amide bonds. The van der Waals surface area contributed by atoms with E-state index in [0.29, 0.717) is 25.0 Å². The number of hydrogen-bond acceptors (Lipinski definition) is 4. The van der Waals surface area contributed by atoms with Gasteiger partial charge in [-0.3, -0.25) is 9.09 Å². The number of aliphatic carboxylic acids is 1. The van der Waals surface area contributed by atoms with Crippen LogP contribution in [0.15, 0.2) is 30.3 Å². The van der Waals surface area contributed by atoms with Gasteiger partial charge in [0.05, 0.1) is 12.3 Å². The fraction of sp³-hybridized carbons (Fsp3) is 0.500. The average molecular weight is 314 g/mol. The summed E-state index contributed by atoms with van der Waals surface area (Å²) in [6.45, 7) is 1.73. The van der Waals surface area contributed by atoms with E-state index >= 15 is 0 Å². The summed E-state index contributed by atoms with van der Waals surface area (Å²) in [5, 5.41) is 9.39. The van der Waals surface area contributed by atoms with E-state index in [1.54, 1.807) is 30.3 Å². The van der Waals surface area contributed by atoms with Crippen LogP contribution in [0.1, 0.15) is 25.3 Å². The highest BCUT2D eigenvalue weighted by molar-refractivity contribution is 7.52. The number of rotatable bonds is 6. The van der Waals surface area contributed by atoms with Crippen LogP contribution in [-0.2, 0) is 24.8 Å². The summed E-state index contributed by atoms with van der Waals surface area (Å²) in [6, 6.07) is 8.66. The second-order valence-corrected chi connectivity index (χ2v) is 7.06. The van der Waals surface area contributed by atoms with E-state index in [1.165, 1.54) is 6.92 Å². The fourth-order valence-corrected chi connectivity index (χ4v) is 3.92. The first kappa shape index (κ1) is 16.2. The molecule has 1 fully saturated rings. The Morgan fingerprint density at radius 2 is 2.14 bits per heavy atom. The van der Waals surface area contributed by atoms with Gasteiger partial charge in [-0.1, -0.05) is 30.3 Å². The molecule has 116 valence electrons. The van der Waals surface area contributed by atoms with Gasteiger partial charge in [0.25, 0.3) is 0 Å². The van der Waals surface area contributed by atoms with Gasteiger partial charge in [-0.25, -0.2) is 4.79 Å². The van der Waals surface area contributed by atoms with E-state index in [-0.39, 0.29) is 6.16 Å². The minimum Gasteiger partial charge on any atom is -0.479 e. The molecule has 0 radical (unpaired) electrons. The van der Waals surface area contributed by atoms with Gasteiger partial charge in [0.1, 0.15) is 0 Å². The molecule has 3 atom stereocenters. The van der Waals surface area contributed by atoms with E-state index in [2.05, 4.69) is 0 Å². The Balaban J connectivity index is 2.15. The van der Waals surface area contributed by atoms with E-state index < -0.39 is 25.3 Å². The predicted octanol–water partition coefficient (Wildman–Crippen LogP) is 2.41. The lowest BCUT2D eigenvalue weighted by Gasteiger charge is -2.32. The van der Waals surface area contributed by atoms with Crippen LogP contribution in [0.4, 0.5) is 0 Å². The second-order valence-electron chi connectivity index (χ2n) is 5.29. The van der Waals surface area contributed by atoms with Crippen molar-refractivity contribution in [3.05, 3.63) is 35.9 Å². The zero-order chi connectivity index (χ0) is 15.5. The van der Waals surface area contributed by atoms with Crippen LogP contribution in [0.2, 0.25) is 0 Å². The molecule has 1 aromatic carbocycles. The van der Waals surface area contributed by atoms with Gasteiger partial charge in [0.2, 0.25) is 0 Å². The highest BCUT2D eigenvalue weighted by Crippen LogP contribution is 2.51. The van der Waals surface area contributed by atoms with Crippen molar-refractivity contribution in [2.24, 2.45) is 0 Å². The third-order valence-electron chi connectivity index (χ3n) is 3.53. The predicted molar refractivity (Wildman–Crippen MR) is 76.1 cm³/mol. The maximum Gasteiger partial charge on any atom is 0.339 e. The van der Waals surface area contributed by atoms with Crippen LogP contribution in [0.25, 0.3) is 0 Å². The molecule has 0 bridgehead atoms. The molecule has 1 saturated heterocycles. The molecule has 1 aromatic rings. The molecule has 3 unspecified atom stereocenters. The van der Waals surface area contributed by atoms with Crippen LogP contribution >= 0.6 is 7.60 Å². The third kappa shape index (κ3) is 3.92. The molecular weight excluding hydrogens is 295 g/mol. The number of ether oxygens (including phenoxy) is 1. The third-order valence-corrected chi connectivity index (χ3v) is 4.96. The SMILES string of the molecule is CC(OP(=O)(O)Cc1ccccc1)(C(=O)O)C1CCCO1. The molecule has 2 N–H and O–H groups in total. The number of hydrogen-bond donors (Lipinski definition) is 2. The minimum absolute atomic E-state index is 0.233. The molecule has 1 heterocycles. The summed E-state index contributed by atoms with van der Waals surface area (Å²) in [7, 11) is -4.10. The molecule has 6 nitrogen and oxygen atoms in total. The van der Waals surface area contributed by atoms with Gasteiger partial charge in [0.15, 0.2) is 5.60 Å². The quantitative estimate of drug-likeness (QED) is 0.783. The molecule has 2 rings (SSSR count). The van der Waals surface area contributed by atoms with Crippen LogP contribution in [-0.4, -0.2) is 34.3 Å². The number of carbonyl (C=O) groups is 1. The van der Waals surface area contributed by atoms with Crippen molar-refractivity contribution in [2.45, 2.75) is 37.6 Å². The standard InChI is InChI=1S/C14H19O6P/c1-14(13(15)16,12-8-5-9-19-12)20-21(17,18)10-11-6-3-2-4-7-11/h2-4,6-7,12H,5,8-10H2,1H3,(H,15,16)(H,17,18). The van der Waals surface area contributed by atoms with Crippen LogP contribution in [0.3, 0.4) is 0 Å². The Morgan fingerprint density at radius 1 is 1.48 bits per heavy atom. The Kier molecular flexibility index (Phi) is 4.84. The van der Waals surface area contributed by atoms with Crippen LogP contribution < -0.4 is 0 Å². The first-order chi connectivity index (χ1) is 9.83. The molecule has 0 spiro atoms. The zero-order valence-electron chi connectivity index (χ0n) is 11.8. The van der Waals surface area contributed by atoms with Crippen molar-refractivity contribution in [3.63, 3.8) is 0 Å². The maximum atomic E-state index is 12.3. The van der Waals surface area contributed by atoms with Gasteiger partial charge in [0, 0.05) is 6.61 Å². The van der Waals surface area contributed by atoms with E-state index in [9.17, 15) is 19.4 Å². The summed E-state index contributed by atoms with van der Waals surface area (Å²) in [4.78, 5) is 21.5. The highest BCUT2D eigenvalue weighted by atomic mass is 31.2. The Hall–Kier alpha value is -1.20. The average Bonchev–Trinajstić information content (AvgIpc) is 2.92. The molecule has 0 aliphatic carbocycles. The molecule has 1 aliphatic heterocycles. The lowest BCUT2D eigenvalue weighted by Crippen LogP contribution is -2.48. The molecule has 21 heavy (non-hydrogen) atoms. The summed E-state index contributed by atoms with van der Waals surface area (Å²) in [5.74, 6) is -1.29. The minimum atomic E-state index is -4.10. The van der Waals surface area contributed by atoms with E-state index in [0.717, 1.165) is 0 Å². The number of carboxylic acid groups (broad SMARTS) is 1. The van der Waals surface area contributed by atoms with Crippen molar-refractivity contribution in [1.29, 1.82) is 0 Å². The normalized spacial score (nSPS) is 24.2. The smallest absolute Gasteiger partial charge is 0.339 e. The lowest BCUT2D eigenvalue weighted by molar-refractivity contribution is -0.166. The van der Waals surface area contributed by atoms with Crippen molar-refractivity contribution < 1.29 is 28.6 Å². The van der Waals surface area contributed by atoms with Crippen molar-refractivity contribution >= 4 is 13.6 Å². The summed E-state index contributed by atoms with van der Waals surface area (Å²) in [6.07, 6.45) is 0.259. The summed E-state index contributed by atoms with van der Waals surface area (Å²) >= 11 is 0. The van der Waals surface area contributed by atoms with Gasteiger partial charge in [-0.2, -0.15) is 0 Å². The Bertz CT molecular complexity index is 540. The van der Waals surface area contributed by atoms with Crippen LogP contribution in [0.5, 0.6) is 0 Å². The van der Waals surface area contributed by atoms with E-state index in [4.69, 9.17) is 9.26 Å². The summed E-state index contributed by atoms with van der Waals surface area (Å²) in [5.41, 5.74) is -1.21. The van der Waals surface area contributed by atoms with Gasteiger partial charge in [-0.05, 0) is 25.3 Å². The topological polar surface area (TPSA) is 93.1 Å². The first-order valence-electron chi connectivity index (χ1n) is 6.75. The highest BCUT2D eigenvalue weighted by Gasteiger charge is 2.49. The molecule has 1 aliphatic rings. The molecule has 7 heteroatoms. The largest absolute Gasteiger partial charge is 0.479 e. The van der Waals surface area contributed by atoms with E-state index in [1.807, 2.05) is 0 Å². The lowest BCUT2D eigenvalue weighted by atomic mass is 9.97. The van der Waals surface area contributed by atoms with Crippen molar-refractivity contribution in [1.82, 2.24) is 0 Å². The fourth-order valence-electron chi connectivity index (χ4n) is 2.39. The van der Waals surface area contributed by atoms with Gasteiger partial charge in [-0.15, -0.1) is 0 Å². The van der Waals surface area contributed by atoms with Gasteiger partial charge < -0.3 is 14.7 Å². The van der Waals surface area contributed by atoms with Crippen molar-refractivity contribution in [3.8, 4) is 0 Å². The molecule has 0 aromatic heterocycles.